The van der Waals surface area contributed by atoms with Gasteiger partial charge in [-0.05, 0) is 36.4 Å². The van der Waals surface area contributed by atoms with Crippen LogP contribution in [-0.4, -0.2) is 17.1 Å². The third-order valence-corrected chi connectivity index (χ3v) is 4.13. The molecule has 0 radical (unpaired) electrons. The molecule has 0 aliphatic rings. The van der Waals surface area contributed by atoms with Crippen LogP contribution in [0.2, 0.25) is 0 Å². The summed E-state index contributed by atoms with van der Waals surface area (Å²) in [6.07, 6.45) is -1.12. The van der Waals surface area contributed by atoms with Crippen LogP contribution in [-0.2, 0) is 11.3 Å². The van der Waals surface area contributed by atoms with Crippen molar-refractivity contribution in [2.45, 2.75) is 6.61 Å². The number of aromatic nitrogens is 1. The monoisotopic (exact) mass is 434 g/mol. The van der Waals surface area contributed by atoms with Crippen molar-refractivity contribution in [2.75, 3.05) is 4.90 Å². The minimum Gasteiger partial charge on any atom is -0.445 e. The number of hydrogen-bond acceptors (Lipinski definition) is 4. The van der Waals surface area contributed by atoms with E-state index in [4.69, 9.17) is 16.2 Å². The molecule has 3 amide bonds. The highest BCUT2D eigenvalue weighted by Crippen LogP contribution is 2.33. The molecule has 4 N–H and O–H groups in total. The first-order chi connectivity index (χ1) is 14.7. The Morgan fingerprint density at radius 1 is 0.935 bits per heavy atom. The molecule has 11 heteroatoms. The zero-order valence-corrected chi connectivity index (χ0v) is 15.6. The van der Waals surface area contributed by atoms with Gasteiger partial charge in [-0.1, -0.05) is 6.07 Å². The highest BCUT2D eigenvalue weighted by molar-refractivity contribution is 5.98. The van der Waals surface area contributed by atoms with E-state index in [0.29, 0.717) is 11.0 Å². The molecule has 0 saturated heterocycles. The Bertz CT molecular complexity index is 1150. The first-order valence-electron chi connectivity index (χ1n) is 8.60. The predicted molar refractivity (Wildman–Crippen MR) is 102 cm³/mol. The molecule has 2 aromatic carbocycles. The van der Waals surface area contributed by atoms with Gasteiger partial charge in [-0.3, -0.25) is 0 Å². The molecule has 31 heavy (non-hydrogen) atoms. The Morgan fingerprint density at radius 3 is 2.19 bits per heavy atom. The normalized spacial score (nSPS) is 10.6. The van der Waals surface area contributed by atoms with Gasteiger partial charge in [0.15, 0.2) is 0 Å². The van der Waals surface area contributed by atoms with Crippen molar-refractivity contribution in [2.24, 2.45) is 11.5 Å². The molecule has 7 nitrogen and oxygen atoms in total. The molecule has 160 valence electrons. The van der Waals surface area contributed by atoms with E-state index in [9.17, 15) is 27.2 Å². The number of carbonyl (C=O) groups is 2. The molecule has 0 fully saturated rings. The summed E-state index contributed by atoms with van der Waals surface area (Å²) in [5, 5.41) is 0. The zero-order valence-electron chi connectivity index (χ0n) is 15.6. The van der Waals surface area contributed by atoms with E-state index in [-0.39, 0.29) is 22.6 Å². The van der Waals surface area contributed by atoms with E-state index in [1.54, 1.807) is 0 Å². The molecule has 1 heterocycles. The molecular formula is C20H14F4N4O3. The third kappa shape index (κ3) is 4.55. The Morgan fingerprint density at radius 2 is 1.61 bits per heavy atom. The van der Waals surface area contributed by atoms with Gasteiger partial charge in [0.2, 0.25) is 0 Å². The van der Waals surface area contributed by atoms with E-state index < -0.39 is 47.7 Å². The van der Waals surface area contributed by atoms with Crippen LogP contribution in [0.3, 0.4) is 0 Å². The number of ether oxygens (including phenoxy) is 1. The minimum atomic E-state index is -1.27. The van der Waals surface area contributed by atoms with Crippen molar-refractivity contribution in [3.05, 3.63) is 77.4 Å². The number of pyridine rings is 1. The fourth-order valence-corrected chi connectivity index (χ4v) is 2.82. The van der Waals surface area contributed by atoms with E-state index in [1.807, 2.05) is 0 Å². The van der Waals surface area contributed by atoms with Crippen molar-refractivity contribution in [3.8, 4) is 11.3 Å². The zero-order chi connectivity index (χ0) is 22.7. The highest BCUT2D eigenvalue weighted by Gasteiger charge is 2.25. The van der Waals surface area contributed by atoms with E-state index >= 15 is 0 Å². The van der Waals surface area contributed by atoms with E-state index in [1.165, 1.54) is 6.07 Å². The fourth-order valence-electron chi connectivity index (χ4n) is 2.82. The highest BCUT2D eigenvalue weighted by atomic mass is 19.1. The Labute approximate surface area is 172 Å². The van der Waals surface area contributed by atoms with Gasteiger partial charge < -0.3 is 16.2 Å². The maximum atomic E-state index is 14.4. The second-order valence-corrected chi connectivity index (χ2v) is 6.15. The SMILES string of the molecule is NC(=O)OCc1ccc(N(C(N)=O)c2c(F)cccc2F)nc1-c1ccc(F)cc1F. The molecule has 0 aliphatic carbocycles. The van der Waals surface area contributed by atoms with Crippen LogP contribution in [0.5, 0.6) is 0 Å². The van der Waals surface area contributed by atoms with Crippen LogP contribution >= 0.6 is 0 Å². The van der Waals surface area contributed by atoms with Gasteiger partial charge in [0, 0.05) is 17.2 Å². The lowest BCUT2D eigenvalue weighted by Crippen LogP contribution is -2.33. The lowest BCUT2D eigenvalue weighted by molar-refractivity contribution is 0.150. The van der Waals surface area contributed by atoms with Crippen molar-refractivity contribution < 1.29 is 31.9 Å². The second kappa shape index (κ2) is 8.69. The summed E-state index contributed by atoms with van der Waals surface area (Å²) in [6.45, 7) is -0.445. The lowest BCUT2D eigenvalue weighted by Gasteiger charge is -2.22. The number of benzene rings is 2. The van der Waals surface area contributed by atoms with Gasteiger partial charge in [-0.15, -0.1) is 0 Å². The number of anilines is 2. The predicted octanol–water partition coefficient (Wildman–Crippen LogP) is 4.12. The molecule has 0 unspecified atom stereocenters. The molecule has 3 aromatic rings. The van der Waals surface area contributed by atoms with Crippen LogP contribution in [0.25, 0.3) is 11.3 Å². The summed E-state index contributed by atoms with van der Waals surface area (Å²) in [6, 6.07) is 6.64. The second-order valence-electron chi connectivity index (χ2n) is 6.15. The van der Waals surface area contributed by atoms with E-state index in [2.05, 4.69) is 4.98 Å². The van der Waals surface area contributed by atoms with Crippen LogP contribution in [0.4, 0.5) is 38.7 Å². The number of nitrogens with two attached hydrogens (primary N) is 2. The van der Waals surface area contributed by atoms with Crippen LogP contribution < -0.4 is 16.4 Å². The van der Waals surface area contributed by atoms with Crippen molar-refractivity contribution in [3.63, 3.8) is 0 Å². The standard InChI is InChI=1S/C20H14F4N4O3/c21-11-5-6-12(15(24)8-11)17-10(9-31-20(26)30)4-7-16(27-17)28(19(25)29)18-13(22)2-1-3-14(18)23/h1-8H,9H2,(H2,25,29)(H2,26,30). The van der Waals surface area contributed by atoms with Gasteiger partial charge in [0.05, 0.1) is 5.69 Å². The number of halogens is 4. The summed E-state index contributed by atoms with van der Waals surface area (Å²) in [7, 11) is 0. The molecule has 3 rings (SSSR count). The van der Waals surface area contributed by atoms with E-state index in [0.717, 1.165) is 36.4 Å². The molecule has 0 spiro atoms. The Balaban J connectivity index is 2.21. The smallest absolute Gasteiger partial charge is 0.404 e. The lowest BCUT2D eigenvalue weighted by atomic mass is 10.1. The van der Waals surface area contributed by atoms with Gasteiger partial charge >= 0.3 is 12.1 Å². The topological polar surface area (TPSA) is 112 Å². The number of primary amides is 2. The average Bonchev–Trinajstić information content (AvgIpc) is 2.69. The molecule has 0 aliphatic heterocycles. The summed E-state index contributed by atoms with van der Waals surface area (Å²) >= 11 is 0. The van der Waals surface area contributed by atoms with Gasteiger partial charge in [-0.2, -0.15) is 0 Å². The summed E-state index contributed by atoms with van der Waals surface area (Å²) in [5.41, 5.74) is 9.16. The van der Waals surface area contributed by atoms with Crippen molar-refractivity contribution in [1.82, 2.24) is 4.98 Å². The summed E-state index contributed by atoms with van der Waals surface area (Å²) in [4.78, 5) is 27.5. The summed E-state index contributed by atoms with van der Waals surface area (Å²) < 4.78 is 61.0. The average molecular weight is 434 g/mol. The number of nitrogens with zero attached hydrogens (tertiary/aromatic N) is 2. The Kier molecular flexibility index (Phi) is 6.05. The van der Waals surface area contributed by atoms with Crippen LogP contribution in [0.1, 0.15) is 5.56 Å². The molecule has 0 atom stereocenters. The number of rotatable bonds is 5. The van der Waals surface area contributed by atoms with Gasteiger partial charge in [0.25, 0.3) is 0 Å². The Hall–Kier alpha value is -4.15. The molecular weight excluding hydrogens is 420 g/mol. The number of urea groups is 1. The maximum Gasteiger partial charge on any atom is 0.404 e. The largest absolute Gasteiger partial charge is 0.445 e. The van der Waals surface area contributed by atoms with Crippen molar-refractivity contribution in [1.29, 1.82) is 0 Å². The maximum absolute atomic E-state index is 14.4. The number of carbonyl (C=O) groups excluding carboxylic acids is 2. The van der Waals surface area contributed by atoms with Crippen LogP contribution in [0, 0.1) is 23.3 Å². The fraction of sp³-hybridized carbons (Fsp3) is 0.0500. The number of amides is 3. The minimum absolute atomic E-state index is 0.117. The molecule has 0 bridgehead atoms. The molecule has 1 aromatic heterocycles. The van der Waals surface area contributed by atoms with Gasteiger partial charge in [0.1, 0.15) is 41.4 Å². The molecule has 0 saturated carbocycles. The number of para-hydroxylation sites is 1. The third-order valence-electron chi connectivity index (χ3n) is 4.13. The first-order valence-corrected chi connectivity index (χ1v) is 8.60. The van der Waals surface area contributed by atoms with Crippen molar-refractivity contribution >= 4 is 23.6 Å². The van der Waals surface area contributed by atoms with Gasteiger partial charge in [-0.25, -0.2) is 37.0 Å². The summed E-state index contributed by atoms with van der Waals surface area (Å²) in [5.74, 6) is -4.45. The quantitative estimate of drug-likeness (QED) is 0.589. The van der Waals surface area contributed by atoms with Crippen LogP contribution in [0.15, 0.2) is 48.5 Å². The number of hydrogen-bond donors (Lipinski definition) is 2. The first kappa shape index (κ1) is 21.6.